The van der Waals surface area contributed by atoms with Crippen molar-refractivity contribution in [1.29, 1.82) is 0 Å². The van der Waals surface area contributed by atoms with Gasteiger partial charge in [0, 0.05) is 32.0 Å². The first kappa shape index (κ1) is 15.0. The Balaban J connectivity index is 1.70. The Bertz CT molecular complexity index is 863. The summed E-state index contributed by atoms with van der Waals surface area (Å²) < 4.78 is 7.58. The second-order valence-electron chi connectivity index (χ2n) is 5.81. The van der Waals surface area contributed by atoms with Crippen molar-refractivity contribution in [2.75, 3.05) is 31.1 Å². The molecule has 8 nitrogen and oxygen atoms in total. The minimum atomic E-state index is 0.0432. The number of nitrogens with two attached hydrogens (primary N) is 1. The molecule has 3 aromatic rings. The lowest BCUT2D eigenvalue weighted by Crippen LogP contribution is -2.46. The van der Waals surface area contributed by atoms with Crippen LogP contribution in [0.2, 0.25) is 0 Å². The fourth-order valence-electron chi connectivity index (χ4n) is 2.87. The lowest BCUT2D eigenvalue weighted by molar-refractivity contribution is 0.0463. The van der Waals surface area contributed by atoms with Crippen LogP contribution in [-0.2, 0) is 4.74 Å². The normalized spacial score (nSPS) is 18.2. The van der Waals surface area contributed by atoms with Gasteiger partial charge in [-0.1, -0.05) is 0 Å². The molecule has 2 N–H and O–H groups in total. The highest BCUT2D eigenvalue weighted by Gasteiger charge is 2.21. The number of fused-ring (bicyclic) bond motifs is 1. The van der Waals surface area contributed by atoms with Crippen molar-refractivity contribution in [3.63, 3.8) is 0 Å². The Morgan fingerprint density at radius 3 is 3.08 bits per heavy atom. The maximum atomic E-state index is 5.73. The maximum absolute atomic E-state index is 5.73. The van der Waals surface area contributed by atoms with Gasteiger partial charge < -0.3 is 15.4 Å². The van der Waals surface area contributed by atoms with Crippen molar-refractivity contribution in [3.8, 4) is 11.5 Å². The molecular weight excluding hydrogens is 306 g/mol. The van der Waals surface area contributed by atoms with E-state index in [1.165, 1.54) is 0 Å². The third-order valence-electron chi connectivity index (χ3n) is 4.12. The molecule has 4 heterocycles. The largest absolute Gasteiger partial charge is 0.373 e. The Morgan fingerprint density at radius 1 is 1.29 bits per heavy atom. The lowest BCUT2D eigenvalue weighted by atomic mass is 10.2. The first-order valence-electron chi connectivity index (χ1n) is 7.94. The van der Waals surface area contributed by atoms with Crippen LogP contribution >= 0.6 is 0 Å². The summed E-state index contributed by atoms with van der Waals surface area (Å²) in [6.07, 6.45) is 7.28. The fraction of sp³-hybridized carbons (Fsp3) is 0.375. The van der Waals surface area contributed by atoms with Crippen molar-refractivity contribution >= 4 is 11.5 Å². The van der Waals surface area contributed by atoms with Crippen LogP contribution in [0.4, 0.5) is 5.82 Å². The van der Waals surface area contributed by atoms with Gasteiger partial charge in [0.1, 0.15) is 11.5 Å². The van der Waals surface area contributed by atoms with Gasteiger partial charge in [-0.05, 0) is 13.0 Å². The summed E-state index contributed by atoms with van der Waals surface area (Å²) in [4.78, 5) is 20.0. The maximum Gasteiger partial charge on any atom is 0.180 e. The van der Waals surface area contributed by atoms with Crippen LogP contribution in [0, 0.1) is 6.92 Å². The number of aryl methyl sites for hydroxylation is 1. The molecule has 8 heteroatoms. The zero-order valence-corrected chi connectivity index (χ0v) is 13.5. The molecule has 0 radical (unpaired) electrons. The van der Waals surface area contributed by atoms with E-state index < -0.39 is 0 Å². The highest BCUT2D eigenvalue weighted by atomic mass is 16.5. The molecule has 0 saturated carbocycles. The van der Waals surface area contributed by atoms with Crippen LogP contribution in [0.3, 0.4) is 0 Å². The Hall–Kier alpha value is -2.58. The molecule has 0 aromatic carbocycles. The highest BCUT2D eigenvalue weighted by Crippen LogP contribution is 2.21. The highest BCUT2D eigenvalue weighted by molar-refractivity contribution is 5.58. The van der Waals surface area contributed by atoms with Crippen LogP contribution in [0.1, 0.15) is 5.69 Å². The first-order valence-corrected chi connectivity index (χ1v) is 7.94. The summed E-state index contributed by atoms with van der Waals surface area (Å²) in [6, 6.07) is 1.92. The topological polar surface area (TPSA) is 94.5 Å². The van der Waals surface area contributed by atoms with E-state index in [2.05, 4.69) is 19.9 Å². The smallest absolute Gasteiger partial charge is 0.180 e. The van der Waals surface area contributed by atoms with E-state index in [1.54, 1.807) is 18.6 Å². The van der Waals surface area contributed by atoms with E-state index in [4.69, 9.17) is 15.5 Å². The number of anilines is 1. The summed E-state index contributed by atoms with van der Waals surface area (Å²) in [6.45, 7) is 4.64. The summed E-state index contributed by atoms with van der Waals surface area (Å²) in [5, 5.41) is 0. The molecule has 24 heavy (non-hydrogen) atoms. The number of imidazole rings is 1. The van der Waals surface area contributed by atoms with Crippen LogP contribution in [0.25, 0.3) is 17.2 Å². The van der Waals surface area contributed by atoms with Crippen LogP contribution in [0.15, 0.2) is 30.9 Å². The van der Waals surface area contributed by atoms with Gasteiger partial charge in [-0.25, -0.2) is 15.0 Å². The molecule has 4 rings (SSSR count). The summed E-state index contributed by atoms with van der Waals surface area (Å²) in [5.74, 6) is 1.52. The molecule has 1 aliphatic rings. The predicted molar refractivity (Wildman–Crippen MR) is 89.8 cm³/mol. The summed E-state index contributed by atoms with van der Waals surface area (Å²) in [5.41, 5.74) is 8.26. The number of nitrogens with zero attached hydrogens (tertiary/aromatic N) is 6. The van der Waals surface area contributed by atoms with Gasteiger partial charge in [0.15, 0.2) is 11.5 Å². The molecule has 0 aliphatic carbocycles. The zero-order chi connectivity index (χ0) is 16.5. The van der Waals surface area contributed by atoms with E-state index >= 15 is 0 Å². The molecule has 0 spiro atoms. The molecular formula is C16H19N7O. The second-order valence-corrected chi connectivity index (χ2v) is 5.81. The van der Waals surface area contributed by atoms with Crippen LogP contribution < -0.4 is 10.6 Å². The molecule has 3 aromatic heterocycles. The van der Waals surface area contributed by atoms with E-state index in [0.717, 1.165) is 35.9 Å². The van der Waals surface area contributed by atoms with Gasteiger partial charge in [0.2, 0.25) is 0 Å². The van der Waals surface area contributed by atoms with E-state index in [-0.39, 0.29) is 6.10 Å². The standard InChI is InChI=1S/C16H19N7O/c1-11-9-23-13(7-20-15(23)8-19-11)16-18-3-2-14(21-16)22-4-5-24-12(6-17)10-22/h2-3,7-9,12H,4-6,10,17H2,1H3. The van der Waals surface area contributed by atoms with E-state index in [0.29, 0.717) is 19.0 Å². The quantitative estimate of drug-likeness (QED) is 0.756. The number of hydrogen-bond donors (Lipinski definition) is 1. The lowest BCUT2D eigenvalue weighted by Gasteiger charge is -2.33. The minimum absolute atomic E-state index is 0.0432. The van der Waals surface area contributed by atoms with Crippen molar-refractivity contribution in [3.05, 3.63) is 36.5 Å². The molecule has 1 unspecified atom stereocenters. The van der Waals surface area contributed by atoms with E-state index in [1.807, 2.05) is 23.6 Å². The average Bonchev–Trinajstić information content (AvgIpc) is 3.05. The summed E-state index contributed by atoms with van der Waals surface area (Å²) >= 11 is 0. The van der Waals surface area contributed by atoms with Crippen molar-refractivity contribution < 1.29 is 4.74 Å². The van der Waals surface area contributed by atoms with Gasteiger partial charge in [-0.2, -0.15) is 0 Å². The van der Waals surface area contributed by atoms with Gasteiger partial charge >= 0.3 is 0 Å². The molecule has 124 valence electrons. The van der Waals surface area contributed by atoms with Gasteiger partial charge in [0.25, 0.3) is 0 Å². The first-order chi connectivity index (χ1) is 11.7. The number of morpholine rings is 1. The van der Waals surface area contributed by atoms with E-state index in [9.17, 15) is 0 Å². The monoisotopic (exact) mass is 325 g/mol. The molecule has 1 aliphatic heterocycles. The van der Waals surface area contributed by atoms with Gasteiger partial charge in [-0.15, -0.1) is 0 Å². The number of hydrogen-bond acceptors (Lipinski definition) is 7. The molecule has 1 fully saturated rings. The fourth-order valence-corrected chi connectivity index (χ4v) is 2.87. The summed E-state index contributed by atoms with van der Waals surface area (Å²) in [7, 11) is 0. The SMILES string of the molecule is Cc1cn2c(-c3nccc(N4CCOC(CN)C4)n3)cnc2cn1. The Kier molecular flexibility index (Phi) is 3.83. The number of rotatable bonds is 3. The van der Waals surface area contributed by atoms with Crippen LogP contribution in [-0.4, -0.2) is 56.7 Å². The minimum Gasteiger partial charge on any atom is -0.373 e. The van der Waals surface area contributed by atoms with Gasteiger partial charge in [0.05, 0.1) is 30.8 Å². The number of ether oxygens (including phenoxy) is 1. The van der Waals surface area contributed by atoms with Crippen molar-refractivity contribution in [2.24, 2.45) is 5.73 Å². The Labute approximate surface area is 139 Å². The van der Waals surface area contributed by atoms with Gasteiger partial charge in [-0.3, -0.25) is 9.38 Å². The van der Waals surface area contributed by atoms with Crippen molar-refractivity contribution in [2.45, 2.75) is 13.0 Å². The molecule has 0 amide bonds. The second kappa shape index (κ2) is 6.14. The number of aromatic nitrogens is 5. The molecule has 0 bridgehead atoms. The third kappa shape index (κ3) is 2.70. The predicted octanol–water partition coefficient (Wildman–Crippen LogP) is 0.659. The molecule has 1 atom stereocenters. The zero-order valence-electron chi connectivity index (χ0n) is 13.5. The Morgan fingerprint density at radius 2 is 2.21 bits per heavy atom. The van der Waals surface area contributed by atoms with Crippen molar-refractivity contribution in [1.82, 2.24) is 24.3 Å². The average molecular weight is 325 g/mol. The molecule has 1 saturated heterocycles. The van der Waals surface area contributed by atoms with Crippen LogP contribution in [0.5, 0.6) is 0 Å². The third-order valence-corrected chi connectivity index (χ3v) is 4.12.